The van der Waals surface area contributed by atoms with Crippen LogP contribution in [0.2, 0.25) is 0 Å². The molecule has 96 valence electrons. The molecule has 0 aliphatic heterocycles. The van der Waals surface area contributed by atoms with Crippen molar-refractivity contribution in [2.75, 3.05) is 18.3 Å². The van der Waals surface area contributed by atoms with Gasteiger partial charge in [0, 0.05) is 39.8 Å². The highest BCUT2D eigenvalue weighted by Crippen LogP contribution is 2.19. The summed E-state index contributed by atoms with van der Waals surface area (Å²) in [4.78, 5) is 1.28. The summed E-state index contributed by atoms with van der Waals surface area (Å²) in [5, 5.41) is 3.47. The minimum Gasteiger partial charge on any atom is -0.307 e. The molecule has 0 saturated heterocycles. The first-order valence-electron chi connectivity index (χ1n) is 5.73. The van der Waals surface area contributed by atoms with E-state index in [-0.39, 0.29) is 6.04 Å². The van der Waals surface area contributed by atoms with Crippen molar-refractivity contribution in [2.24, 2.45) is 0 Å². The molecule has 0 aliphatic rings. The lowest BCUT2D eigenvalue weighted by Crippen LogP contribution is -2.33. The van der Waals surface area contributed by atoms with Crippen molar-refractivity contribution >= 4 is 22.6 Å². The third-order valence-electron chi connectivity index (χ3n) is 2.64. The SMILES string of the molecule is CSc1ccc(C(C)NC(C)CS(C)=O)cc1. The Bertz CT molecular complexity index is 364. The highest BCUT2D eigenvalue weighted by atomic mass is 32.2. The van der Waals surface area contributed by atoms with Gasteiger partial charge >= 0.3 is 0 Å². The molecule has 0 aliphatic carbocycles. The summed E-state index contributed by atoms with van der Waals surface area (Å²) in [7, 11) is -0.739. The Morgan fingerprint density at radius 2 is 1.88 bits per heavy atom. The van der Waals surface area contributed by atoms with Crippen LogP contribution in [0.15, 0.2) is 29.2 Å². The molecule has 1 aromatic carbocycles. The van der Waals surface area contributed by atoms with E-state index in [4.69, 9.17) is 0 Å². The Morgan fingerprint density at radius 1 is 1.29 bits per heavy atom. The van der Waals surface area contributed by atoms with E-state index < -0.39 is 10.8 Å². The lowest BCUT2D eigenvalue weighted by Gasteiger charge is -2.19. The molecule has 0 fully saturated rings. The third-order valence-corrected chi connectivity index (χ3v) is 4.35. The average Bonchev–Trinajstić information content (AvgIpc) is 2.28. The fourth-order valence-electron chi connectivity index (χ4n) is 1.82. The minimum atomic E-state index is -0.739. The summed E-state index contributed by atoms with van der Waals surface area (Å²) in [5.74, 6) is 0.702. The van der Waals surface area contributed by atoms with Gasteiger partial charge in [0.2, 0.25) is 0 Å². The molecule has 3 atom stereocenters. The summed E-state index contributed by atoms with van der Waals surface area (Å²) in [5.41, 5.74) is 1.27. The second-order valence-corrected chi connectivity index (χ2v) is 6.66. The van der Waals surface area contributed by atoms with Crippen molar-refractivity contribution in [3.05, 3.63) is 29.8 Å². The molecule has 1 N–H and O–H groups in total. The first-order chi connectivity index (χ1) is 8.02. The van der Waals surface area contributed by atoms with Gasteiger partial charge in [0.05, 0.1) is 0 Å². The molecule has 0 saturated carbocycles. The molecular weight excluding hydrogens is 250 g/mol. The zero-order valence-electron chi connectivity index (χ0n) is 10.9. The van der Waals surface area contributed by atoms with Gasteiger partial charge < -0.3 is 5.32 Å². The first-order valence-corrected chi connectivity index (χ1v) is 8.68. The maximum absolute atomic E-state index is 11.1. The van der Waals surface area contributed by atoms with Crippen molar-refractivity contribution < 1.29 is 4.21 Å². The fourth-order valence-corrected chi connectivity index (χ4v) is 3.02. The number of benzene rings is 1. The molecule has 3 unspecified atom stereocenters. The summed E-state index contributed by atoms with van der Waals surface area (Å²) < 4.78 is 11.1. The average molecular weight is 271 g/mol. The minimum absolute atomic E-state index is 0.274. The Hall–Kier alpha value is -0.320. The quantitative estimate of drug-likeness (QED) is 0.807. The number of hydrogen-bond acceptors (Lipinski definition) is 3. The Labute approximate surface area is 111 Å². The van der Waals surface area contributed by atoms with E-state index in [2.05, 4.69) is 49.7 Å². The summed E-state index contributed by atoms with van der Waals surface area (Å²) >= 11 is 1.75. The van der Waals surface area contributed by atoms with Gasteiger partial charge in [-0.2, -0.15) is 0 Å². The predicted octanol–water partition coefficient (Wildman–Crippen LogP) is 2.83. The van der Waals surface area contributed by atoms with E-state index in [1.807, 2.05) is 0 Å². The second kappa shape index (κ2) is 7.19. The smallest absolute Gasteiger partial charge is 0.0383 e. The molecule has 0 heterocycles. The first kappa shape index (κ1) is 14.7. The van der Waals surface area contributed by atoms with Gasteiger partial charge in [-0.15, -0.1) is 11.8 Å². The van der Waals surface area contributed by atoms with Crippen LogP contribution >= 0.6 is 11.8 Å². The number of nitrogens with one attached hydrogen (secondary N) is 1. The van der Waals surface area contributed by atoms with Crippen LogP contribution in [0, 0.1) is 0 Å². The normalized spacial score (nSPS) is 16.5. The molecule has 0 amide bonds. The van der Waals surface area contributed by atoms with E-state index in [0.717, 1.165) is 0 Å². The van der Waals surface area contributed by atoms with Crippen LogP contribution in [0.25, 0.3) is 0 Å². The lowest BCUT2D eigenvalue weighted by atomic mass is 10.1. The van der Waals surface area contributed by atoms with Crippen LogP contribution in [0.3, 0.4) is 0 Å². The molecule has 1 rings (SSSR count). The van der Waals surface area contributed by atoms with Gasteiger partial charge in [-0.1, -0.05) is 12.1 Å². The molecule has 17 heavy (non-hydrogen) atoms. The molecular formula is C13H21NOS2. The topological polar surface area (TPSA) is 29.1 Å². The largest absolute Gasteiger partial charge is 0.307 e. The Balaban J connectivity index is 2.56. The van der Waals surface area contributed by atoms with Crippen LogP contribution in [0.4, 0.5) is 0 Å². The maximum atomic E-state index is 11.1. The van der Waals surface area contributed by atoms with Gasteiger partial charge in [0.25, 0.3) is 0 Å². The van der Waals surface area contributed by atoms with Gasteiger partial charge in [-0.25, -0.2) is 0 Å². The fraction of sp³-hybridized carbons (Fsp3) is 0.538. The molecule has 0 spiro atoms. The maximum Gasteiger partial charge on any atom is 0.0383 e. The van der Waals surface area contributed by atoms with Crippen LogP contribution in [-0.2, 0) is 10.8 Å². The van der Waals surface area contributed by atoms with Crippen LogP contribution in [-0.4, -0.2) is 28.5 Å². The number of thioether (sulfide) groups is 1. The van der Waals surface area contributed by atoms with Crippen molar-refractivity contribution in [3.63, 3.8) is 0 Å². The zero-order chi connectivity index (χ0) is 12.8. The number of hydrogen-bond donors (Lipinski definition) is 1. The van der Waals surface area contributed by atoms with Gasteiger partial charge in [0.15, 0.2) is 0 Å². The Morgan fingerprint density at radius 3 is 2.35 bits per heavy atom. The van der Waals surface area contributed by atoms with Crippen molar-refractivity contribution in [3.8, 4) is 0 Å². The standard InChI is InChI=1S/C13H21NOS2/c1-10(9-17(4)15)14-11(2)12-5-7-13(16-3)8-6-12/h5-8,10-11,14H,9H2,1-4H3. The zero-order valence-corrected chi connectivity index (χ0v) is 12.5. The van der Waals surface area contributed by atoms with Crippen LogP contribution in [0.1, 0.15) is 25.5 Å². The van der Waals surface area contributed by atoms with Crippen molar-refractivity contribution in [1.29, 1.82) is 0 Å². The lowest BCUT2D eigenvalue weighted by molar-refractivity contribution is 0.508. The van der Waals surface area contributed by atoms with Crippen LogP contribution < -0.4 is 5.32 Å². The van der Waals surface area contributed by atoms with E-state index in [0.29, 0.717) is 11.8 Å². The Kier molecular flexibility index (Phi) is 6.23. The molecule has 0 aromatic heterocycles. The monoisotopic (exact) mass is 271 g/mol. The van der Waals surface area contributed by atoms with E-state index in [9.17, 15) is 4.21 Å². The van der Waals surface area contributed by atoms with E-state index in [1.165, 1.54) is 10.5 Å². The third kappa shape index (κ3) is 5.23. The molecule has 0 bridgehead atoms. The highest BCUT2D eigenvalue weighted by Gasteiger charge is 2.10. The van der Waals surface area contributed by atoms with Crippen molar-refractivity contribution in [1.82, 2.24) is 5.32 Å². The van der Waals surface area contributed by atoms with Crippen molar-refractivity contribution in [2.45, 2.75) is 30.8 Å². The van der Waals surface area contributed by atoms with Crippen LogP contribution in [0.5, 0.6) is 0 Å². The van der Waals surface area contributed by atoms with Gasteiger partial charge in [-0.3, -0.25) is 4.21 Å². The summed E-state index contributed by atoms with van der Waals surface area (Å²) in [6.45, 7) is 4.22. The molecule has 2 nitrogen and oxygen atoms in total. The number of rotatable bonds is 6. The van der Waals surface area contributed by atoms with E-state index >= 15 is 0 Å². The summed E-state index contributed by atoms with van der Waals surface area (Å²) in [6, 6.07) is 9.15. The summed E-state index contributed by atoms with van der Waals surface area (Å²) in [6.07, 6.45) is 3.82. The molecule has 0 radical (unpaired) electrons. The van der Waals surface area contributed by atoms with E-state index in [1.54, 1.807) is 18.0 Å². The highest BCUT2D eigenvalue weighted by molar-refractivity contribution is 7.98. The second-order valence-electron chi connectivity index (χ2n) is 4.30. The molecule has 1 aromatic rings. The van der Waals surface area contributed by atoms with Gasteiger partial charge in [-0.05, 0) is 37.8 Å². The predicted molar refractivity (Wildman–Crippen MR) is 78.2 cm³/mol. The molecule has 4 heteroatoms. The van der Waals surface area contributed by atoms with Gasteiger partial charge in [0.1, 0.15) is 0 Å².